The number of rotatable bonds is 5. The molecule has 0 bridgehead atoms. The fraction of sp³-hybridized carbons (Fsp3) is 0.636. The molecule has 1 aliphatic carbocycles. The lowest BCUT2D eigenvalue weighted by Crippen LogP contribution is -2.40. The topological polar surface area (TPSA) is 40.0 Å². The van der Waals surface area contributed by atoms with E-state index in [1.54, 1.807) is 6.07 Å². The van der Waals surface area contributed by atoms with Crippen LogP contribution in [0.2, 0.25) is 0 Å². The SMILES string of the molecule is C[C@@H](N[S+]([O-])C(C)(C)C)c1cn(CC(C)(C)C)c2cc(C3CC3)c(F)cc12. The van der Waals surface area contributed by atoms with E-state index in [0.29, 0.717) is 5.92 Å². The smallest absolute Gasteiger partial charge is 0.136 e. The van der Waals surface area contributed by atoms with Crippen molar-refractivity contribution in [2.75, 3.05) is 0 Å². The molecule has 0 radical (unpaired) electrons. The van der Waals surface area contributed by atoms with Gasteiger partial charge in [-0.2, -0.15) is 0 Å². The molecule has 1 N–H and O–H groups in total. The van der Waals surface area contributed by atoms with Crippen LogP contribution in [-0.4, -0.2) is 13.9 Å². The second-order valence-electron chi connectivity index (χ2n) is 10.2. The predicted octanol–water partition coefficient (Wildman–Crippen LogP) is 5.82. The molecule has 3 rings (SSSR count). The monoisotopic (exact) mass is 392 g/mol. The number of benzene rings is 1. The summed E-state index contributed by atoms with van der Waals surface area (Å²) in [6.45, 7) is 15.3. The zero-order valence-corrected chi connectivity index (χ0v) is 18.5. The Morgan fingerprint density at radius 1 is 1.22 bits per heavy atom. The number of nitrogens with one attached hydrogen (secondary N) is 1. The summed E-state index contributed by atoms with van der Waals surface area (Å²) in [5, 5.41) is 0.923. The van der Waals surface area contributed by atoms with Gasteiger partial charge in [0.1, 0.15) is 10.6 Å². The normalized spacial score (nSPS) is 18.1. The summed E-state index contributed by atoms with van der Waals surface area (Å²) < 4.78 is 32.4. The van der Waals surface area contributed by atoms with Crippen LogP contribution < -0.4 is 4.72 Å². The summed E-state index contributed by atoms with van der Waals surface area (Å²) in [5.74, 6) is 0.267. The van der Waals surface area contributed by atoms with E-state index in [0.717, 1.165) is 41.4 Å². The number of hydrogen-bond donors (Lipinski definition) is 1. The molecule has 1 aromatic heterocycles. The first-order chi connectivity index (χ1) is 12.4. The van der Waals surface area contributed by atoms with E-state index >= 15 is 0 Å². The van der Waals surface area contributed by atoms with Gasteiger partial charge in [0.2, 0.25) is 0 Å². The molecule has 5 heteroatoms. The fourth-order valence-electron chi connectivity index (χ4n) is 3.45. The summed E-state index contributed by atoms with van der Waals surface area (Å²) in [6.07, 6.45) is 4.28. The highest BCUT2D eigenvalue weighted by molar-refractivity contribution is 7.90. The first kappa shape index (κ1) is 20.7. The van der Waals surface area contributed by atoms with Crippen LogP contribution in [0.1, 0.15) is 84.4 Å². The second kappa shape index (κ2) is 7.09. The minimum atomic E-state index is -1.18. The van der Waals surface area contributed by atoms with Crippen LogP contribution in [0.25, 0.3) is 10.9 Å². The molecule has 1 saturated carbocycles. The van der Waals surface area contributed by atoms with E-state index in [1.165, 1.54) is 0 Å². The Kier molecular flexibility index (Phi) is 5.43. The average molecular weight is 393 g/mol. The van der Waals surface area contributed by atoms with E-state index in [-0.39, 0.29) is 22.0 Å². The molecule has 0 aliphatic heterocycles. The van der Waals surface area contributed by atoms with E-state index in [1.807, 2.05) is 33.8 Å². The van der Waals surface area contributed by atoms with E-state index in [9.17, 15) is 8.94 Å². The maximum Gasteiger partial charge on any atom is 0.136 e. The van der Waals surface area contributed by atoms with Gasteiger partial charge >= 0.3 is 0 Å². The Morgan fingerprint density at radius 3 is 2.37 bits per heavy atom. The van der Waals surface area contributed by atoms with Gasteiger partial charge in [0.05, 0.1) is 6.04 Å². The van der Waals surface area contributed by atoms with E-state index in [2.05, 4.69) is 36.3 Å². The van der Waals surface area contributed by atoms with Crippen molar-refractivity contribution < 1.29 is 8.94 Å². The van der Waals surface area contributed by atoms with Crippen molar-refractivity contribution in [1.29, 1.82) is 0 Å². The lowest BCUT2D eigenvalue weighted by atomic mass is 9.97. The van der Waals surface area contributed by atoms with E-state index < -0.39 is 11.4 Å². The first-order valence-corrected chi connectivity index (χ1v) is 11.0. The molecule has 2 atom stereocenters. The van der Waals surface area contributed by atoms with Crippen molar-refractivity contribution >= 4 is 22.3 Å². The Bertz CT molecular complexity index is 827. The molecule has 3 nitrogen and oxygen atoms in total. The average Bonchev–Trinajstić information content (AvgIpc) is 3.28. The van der Waals surface area contributed by atoms with Crippen molar-refractivity contribution in [3.05, 3.63) is 35.3 Å². The Balaban J connectivity index is 2.05. The van der Waals surface area contributed by atoms with Crippen LogP contribution in [0.4, 0.5) is 4.39 Å². The van der Waals surface area contributed by atoms with Gasteiger partial charge < -0.3 is 9.12 Å². The number of aromatic nitrogens is 1. The van der Waals surface area contributed by atoms with Crippen molar-refractivity contribution in [3.8, 4) is 0 Å². The number of fused-ring (bicyclic) bond motifs is 1. The predicted molar refractivity (Wildman–Crippen MR) is 113 cm³/mol. The van der Waals surface area contributed by atoms with Crippen molar-refractivity contribution in [2.45, 2.75) is 84.6 Å². The van der Waals surface area contributed by atoms with Gasteiger partial charge in [-0.05, 0) is 75.1 Å². The lowest BCUT2D eigenvalue weighted by molar-refractivity contribution is 0.349. The highest BCUT2D eigenvalue weighted by atomic mass is 32.2. The molecule has 2 aromatic rings. The van der Waals surface area contributed by atoms with E-state index in [4.69, 9.17) is 0 Å². The maximum absolute atomic E-state index is 14.8. The van der Waals surface area contributed by atoms with Crippen molar-refractivity contribution in [2.24, 2.45) is 5.41 Å². The van der Waals surface area contributed by atoms with Gasteiger partial charge in [0.15, 0.2) is 0 Å². The van der Waals surface area contributed by atoms with Crippen LogP contribution in [0.5, 0.6) is 0 Å². The molecular weight excluding hydrogens is 359 g/mol. The molecule has 27 heavy (non-hydrogen) atoms. The Hall–Kier alpha value is -1.04. The number of hydrogen-bond acceptors (Lipinski definition) is 2. The molecule has 1 heterocycles. The Morgan fingerprint density at radius 2 is 1.85 bits per heavy atom. The van der Waals surface area contributed by atoms with Gasteiger partial charge in [-0.25, -0.2) is 4.39 Å². The van der Waals surface area contributed by atoms with Gasteiger partial charge in [-0.15, -0.1) is 4.72 Å². The van der Waals surface area contributed by atoms with Gasteiger partial charge in [0.25, 0.3) is 0 Å². The van der Waals surface area contributed by atoms with Gasteiger partial charge in [-0.1, -0.05) is 20.8 Å². The summed E-state index contributed by atoms with van der Waals surface area (Å²) in [4.78, 5) is 0. The molecule has 0 amide bonds. The molecule has 150 valence electrons. The molecule has 1 fully saturated rings. The fourth-order valence-corrected chi connectivity index (χ4v) is 4.25. The third-order valence-electron chi connectivity index (χ3n) is 5.00. The highest BCUT2D eigenvalue weighted by Gasteiger charge is 2.31. The standard InChI is InChI=1S/C22H33FN2OS/c1-14(24-27(26)22(5,6)7)18-12-25(13-21(2,3)4)20-11-16(15-8-9-15)19(23)10-17(18)20/h10-12,14-15,24H,8-9,13H2,1-7H3/t14-,27?/m1/s1. The van der Waals surface area contributed by atoms with Crippen LogP contribution >= 0.6 is 0 Å². The lowest BCUT2D eigenvalue weighted by Gasteiger charge is -2.26. The third-order valence-corrected chi connectivity index (χ3v) is 6.68. The summed E-state index contributed by atoms with van der Waals surface area (Å²) in [5.41, 5.74) is 3.05. The maximum atomic E-state index is 14.8. The van der Waals surface area contributed by atoms with Gasteiger partial charge in [-0.3, -0.25) is 0 Å². The van der Waals surface area contributed by atoms with Crippen molar-refractivity contribution in [3.63, 3.8) is 0 Å². The zero-order chi connectivity index (χ0) is 20.1. The summed E-state index contributed by atoms with van der Waals surface area (Å²) in [7, 11) is 0. The van der Waals surface area contributed by atoms with Crippen LogP contribution in [-0.2, 0) is 17.9 Å². The van der Waals surface area contributed by atoms with Crippen molar-refractivity contribution in [1.82, 2.24) is 9.29 Å². The quantitative estimate of drug-likeness (QED) is 0.652. The third kappa shape index (κ3) is 4.69. The molecule has 1 aliphatic rings. The molecule has 1 unspecified atom stereocenters. The number of halogens is 1. The minimum absolute atomic E-state index is 0.107. The zero-order valence-electron chi connectivity index (χ0n) is 17.6. The molecular formula is C22H33FN2OS. The molecule has 1 aromatic carbocycles. The number of nitrogens with zero attached hydrogens (tertiary/aromatic N) is 1. The molecule has 0 saturated heterocycles. The second-order valence-corrected chi connectivity index (χ2v) is 12.2. The van der Waals surface area contributed by atoms with Crippen LogP contribution in [0, 0.1) is 11.2 Å². The van der Waals surface area contributed by atoms with Crippen LogP contribution in [0.3, 0.4) is 0 Å². The molecule has 0 spiro atoms. The summed E-state index contributed by atoms with van der Waals surface area (Å²) in [6, 6.07) is 3.61. The summed E-state index contributed by atoms with van der Waals surface area (Å²) >= 11 is -1.18. The van der Waals surface area contributed by atoms with Crippen LogP contribution in [0.15, 0.2) is 18.3 Å². The Labute approximate surface area is 166 Å². The largest absolute Gasteiger partial charge is 0.598 e. The highest BCUT2D eigenvalue weighted by Crippen LogP contribution is 2.43. The first-order valence-electron chi connectivity index (χ1n) is 9.87. The van der Waals surface area contributed by atoms with Gasteiger partial charge in [0, 0.05) is 35.0 Å². The minimum Gasteiger partial charge on any atom is -0.598 e.